The summed E-state index contributed by atoms with van der Waals surface area (Å²) < 4.78 is 81.0. The molecule has 0 fully saturated rings. The van der Waals surface area contributed by atoms with Crippen molar-refractivity contribution in [1.29, 1.82) is 0 Å². The molecule has 1 unspecified atom stereocenters. The summed E-state index contributed by atoms with van der Waals surface area (Å²) in [5.41, 5.74) is 0. The molecule has 19 heavy (non-hydrogen) atoms. The predicted molar refractivity (Wildman–Crippen MR) is 58.4 cm³/mol. The van der Waals surface area contributed by atoms with Crippen LogP contribution >= 0.6 is 15.9 Å². The van der Waals surface area contributed by atoms with Crippen molar-refractivity contribution in [3.63, 3.8) is 0 Å². The molecule has 1 N–H and O–H groups in total. The van der Waals surface area contributed by atoms with E-state index in [-0.39, 0.29) is 11.0 Å². The largest absolute Gasteiger partial charge is 0.466 e. The first-order valence-corrected chi connectivity index (χ1v) is 5.98. The minimum Gasteiger partial charge on any atom is -0.466 e. The van der Waals surface area contributed by atoms with Crippen LogP contribution in [0, 0.1) is 5.92 Å². The molecule has 0 amide bonds. The van der Waals surface area contributed by atoms with Crippen LogP contribution in [0.4, 0.5) is 26.3 Å². The molecule has 1 heterocycles. The molecule has 1 rings (SSSR count). The predicted octanol–water partition coefficient (Wildman–Crippen LogP) is 4.43. The highest BCUT2D eigenvalue weighted by Crippen LogP contribution is 2.47. The molecule has 9 heteroatoms. The third-order valence-electron chi connectivity index (χ3n) is 2.39. The summed E-state index contributed by atoms with van der Waals surface area (Å²) in [7, 11) is 0. The van der Waals surface area contributed by atoms with Gasteiger partial charge < -0.3 is 9.73 Å². The van der Waals surface area contributed by atoms with Gasteiger partial charge in [0.1, 0.15) is 5.76 Å². The molecular weight excluding hydrogens is 344 g/mol. The summed E-state index contributed by atoms with van der Waals surface area (Å²) in [6.45, 7) is 1.34. The zero-order chi connectivity index (χ0) is 14.8. The van der Waals surface area contributed by atoms with Crippen LogP contribution in [0.3, 0.4) is 0 Å². The molecule has 0 aliphatic heterocycles. The number of nitrogens with one attached hydrogen (secondary N) is 1. The van der Waals surface area contributed by atoms with Crippen molar-refractivity contribution in [1.82, 2.24) is 5.32 Å². The summed E-state index contributed by atoms with van der Waals surface area (Å²) in [5.74, 6) is -3.97. The van der Waals surface area contributed by atoms with E-state index in [9.17, 15) is 26.3 Å². The van der Waals surface area contributed by atoms with Crippen LogP contribution in [0.25, 0.3) is 0 Å². The van der Waals surface area contributed by atoms with Gasteiger partial charge in [-0.3, -0.25) is 0 Å². The van der Waals surface area contributed by atoms with Gasteiger partial charge in [-0.25, -0.2) is 0 Å². The van der Waals surface area contributed by atoms with Gasteiger partial charge in [0.05, 0.1) is 16.8 Å². The lowest BCUT2D eigenvalue weighted by atomic mass is 9.96. The first-order valence-electron chi connectivity index (χ1n) is 5.18. The maximum Gasteiger partial charge on any atom is 0.402 e. The van der Waals surface area contributed by atoms with Crippen molar-refractivity contribution >= 4 is 15.9 Å². The van der Waals surface area contributed by atoms with E-state index in [0.29, 0.717) is 0 Å². The summed E-state index contributed by atoms with van der Waals surface area (Å²) in [5, 5.41) is 2.18. The van der Waals surface area contributed by atoms with Gasteiger partial charge in [0.15, 0.2) is 5.92 Å². The fourth-order valence-electron chi connectivity index (χ4n) is 1.67. The first kappa shape index (κ1) is 16.4. The van der Waals surface area contributed by atoms with Crippen LogP contribution in [0.1, 0.15) is 18.7 Å². The van der Waals surface area contributed by atoms with Crippen LogP contribution in [0.2, 0.25) is 0 Å². The van der Waals surface area contributed by atoms with E-state index in [2.05, 4.69) is 21.2 Å². The Kier molecular flexibility index (Phi) is 4.94. The highest BCUT2D eigenvalue weighted by atomic mass is 79.9. The van der Waals surface area contributed by atoms with Gasteiger partial charge in [-0.15, -0.1) is 0 Å². The smallest absolute Gasteiger partial charge is 0.402 e. The zero-order valence-electron chi connectivity index (χ0n) is 9.57. The van der Waals surface area contributed by atoms with Gasteiger partial charge >= 0.3 is 12.4 Å². The first-order chi connectivity index (χ1) is 8.59. The molecule has 0 radical (unpaired) electrons. The standard InChI is InChI=1S/C10H10BrF6NO/c1-2-18-6(7-5(11)3-4-19-7)8(9(12,13)14)10(15,16)17/h3-4,6,8,18H,2H2,1H3. The van der Waals surface area contributed by atoms with Crippen LogP contribution in [0.5, 0.6) is 0 Å². The Morgan fingerprint density at radius 3 is 2.05 bits per heavy atom. The molecule has 0 aromatic carbocycles. The molecule has 1 aromatic heterocycles. The number of hydrogen-bond acceptors (Lipinski definition) is 2. The molecule has 0 bridgehead atoms. The Morgan fingerprint density at radius 1 is 1.21 bits per heavy atom. The van der Waals surface area contributed by atoms with Crippen molar-refractivity contribution in [2.75, 3.05) is 6.54 Å². The molecule has 0 aliphatic rings. The molecule has 0 saturated carbocycles. The van der Waals surface area contributed by atoms with Gasteiger partial charge in [0.2, 0.25) is 0 Å². The molecule has 2 nitrogen and oxygen atoms in total. The Bertz CT molecular complexity index is 399. The summed E-state index contributed by atoms with van der Waals surface area (Å²) in [6.07, 6.45) is -9.85. The normalized spacial score (nSPS) is 15.0. The lowest BCUT2D eigenvalue weighted by Crippen LogP contribution is -2.45. The van der Waals surface area contributed by atoms with E-state index in [4.69, 9.17) is 4.42 Å². The molecule has 110 valence electrons. The summed E-state index contributed by atoms with van der Waals surface area (Å²) >= 11 is 2.87. The molecular formula is C10H10BrF6NO. The van der Waals surface area contributed by atoms with Crippen LogP contribution in [-0.2, 0) is 0 Å². The molecule has 1 atom stereocenters. The number of rotatable bonds is 4. The van der Waals surface area contributed by atoms with Crippen molar-refractivity contribution in [3.05, 3.63) is 22.6 Å². The van der Waals surface area contributed by atoms with E-state index in [1.807, 2.05) is 0 Å². The van der Waals surface area contributed by atoms with Crippen LogP contribution in [0.15, 0.2) is 21.2 Å². The average Bonchev–Trinajstić information content (AvgIpc) is 2.59. The second-order valence-corrected chi connectivity index (χ2v) is 4.58. The van der Waals surface area contributed by atoms with Crippen molar-refractivity contribution in [3.8, 4) is 0 Å². The van der Waals surface area contributed by atoms with Gasteiger partial charge in [-0.2, -0.15) is 26.3 Å². The van der Waals surface area contributed by atoms with E-state index in [1.165, 1.54) is 13.0 Å². The van der Waals surface area contributed by atoms with Crippen molar-refractivity contribution in [2.45, 2.75) is 25.3 Å². The fraction of sp³-hybridized carbons (Fsp3) is 0.600. The molecule has 0 saturated heterocycles. The average molecular weight is 354 g/mol. The quantitative estimate of drug-likeness (QED) is 0.810. The highest BCUT2D eigenvalue weighted by Gasteiger charge is 2.61. The van der Waals surface area contributed by atoms with E-state index >= 15 is 0 Å². The third-order valence-corrected chi connectivity index (χ3v) is 3.05. The third kappa shape index (κ3) is 3.88. The van der Waals surface area contributed by atoms with Gasteiger partial charge in [0, 0.05) is 0 Å². The lowest BCUT2D eigenvalue weighted by Gasteiger charge is -2.30. The summed E-state index contributed by atoms with van der Waals surface area (Å²) in [6, 6.07) is -0.793. The number of hydrogen-bond donors (Lipinski definition) is 1. The van der Waals surface area contributed by atoms with Gasteiger partial charge in [0.25, 0.3) is 0 Å². The van der Waals surface area contributed by atoms with Crippen LogP contribution < -0.4 is 5.32 Å². The zero-order valence-corrected chi connectivity index (χ0v) is 11.2. The van der Waals surface area contributed by atoms with Gasteiger partial charge in [-0.1, -0.05) is 6.92 Å². The van der Waals surface area contributed by atoms with Crippen molar-refractivity contribution < 1.29 is 30.8 Å². The SMILES string of the molecule is CCNC(c1occc1Br)C(C(F)(F)F)C(F)(F)F. The Morgan fingerprint density at radius 2 is 1.74 bits per heavy atom. The highest BCUT2D eigenvalue weighted by molar-refractivity contribution is 9.10. The maximum atomic E-state index is 12.7. The topological polar surface area (TPSA) is 25.2 Å². The Balaban J connectivity index is 3.25. The molecule has 0 spiro atoms. The summed E-state index contributed by atoms with van der Waals surface area (Å²) in [4.78, 5) is 0. The second-order valence-electron chi connectivity index (χ2n) is 3.73. The van der Waals surface area contributed by atoms with Crippen molar-refractivity contribution in [2.24, 2.45) is 5.92 Å². The Labute approximate surface area is 113 Å². The van der Waals surface area contributed by atoms with Gasteiger partial charge in [-0.05, 0) is 28.5 Å². The molecule has 0 aliphatic carbocycles. The minimum absolute atomic E-state index is 0.0527. The van der Waals surface area contributed by atoms with E-state index in [1.54, 1.807) is 0 Å². The van der Waals surface area contributed by atoms with E-state index < -0.39 is 30.1 Å². The maximum absolute atomic E-state index is 12.7. The minimum atomic E-state index is -5.43. The number of furan rings is 1. The molecule has 1 aromatic rings. The number of alkyl halides is 6. The Hall–Kier alpha value is -0.700. The lowest BCUT2D eigenvalue weighted by molar-refractivity contribution is -0.293. The monoisotopic (exact) mass is 353 g/mol. The second kappa shape index (κ2) is 5.74. The fourth-order valence-corrected chi connectivity index (χ4v) is 2.12. The number of halogens is 7. The van der Waals surface area contributed by atoms with Crippen LogP contribution in [-0.4, -0.2) is 18.9 Å². The van der Waals surface area contributed by atoms with E-state index in [0.717, 1.165) is 6.26 Å².